The number of nitrogens with one attached hydrogen (secondary N) is 3. The lowest BCUT2D eigenvalue weighted by atomic mass is 10.1. The molecular weight excluding hydrogens is 430 g/mol. The van der Waals surface area contributed by atoms with E-state index in [-0.39, 0.29) is 18.9 Å². The summed E-state index contributed by atoms with van der Waals surface area (Å²) >= 11 is 0. The van der Waals surface area contributed by atoms with Crippen LogP contribution < -0.4 is 33.2 Å². The van der Waals surface area contributed by atoms with Crippen molar-refractivity contribution in [2.24, 2.45) is 22.2 Å². The molecule has 0 aliphatic heterocycles. The first-order valence-corrected chi connectivity index (χ1v) is 9.61. The smallest absolute Gasteiger partial charge is 0.325 e. The number of carboxylic acids is 2. The summed E-state index contributed by atoms with van der Waals surface area (Å²) in [7, 11) is 0. The number of aliphatic hydroxyl groups excluding tert-OH is 1. The number of carbonyl (C=O) groups is 5. The lowest BCUT2D eigenvalue weighted by molar-refractivity contribution is -0.143. The number of hydrogen-bond acceptors (Lipinski definition) is 8. The van der Waals surface area contributed by atoms with Crippen molar-refractivity contribution in [2.75, 3.05) is 6.54 Å². The normalized spacial score (nSPS) is 15.2. The van der Waals surface area contributed by atoms with Crippen LogP contribution in [-0.2, 0) is 24.0 Å². The van der Waals surface area contributed by atoms with Gasteiger partial charge in [0.1, 0.15) is 18.1 Å². The molecule has 0 spiro atoms. The second-order valence-electron chi connectivity index (χ2n) is 7.01. The molecule has 5 atom stereocenters. The minimum absolute atomic E-state index is 0.119. The van der Waals surface area contributed by atoms with Crippen molar-refractivity contribution in [2.45, 2.75) is 63.4 Å². The van der Waals surface area contributed by atoms with Crippen LogP contribution in [0.15, 0.2) is 4.99 Å². The Labute approximate surface area is 183 Å². The summed E-state index contributed by atoms with van der Waals surface area (Å²) in [6, 6.07) is -5.63. The van der Waals surface area contributed by atoms with Crippen LogP contribution in [0, 0.1) is 0 Å². The number of aliphatic imine (C=N–C) groups is 1. The molecule has 15 nitrogen and oxygen atoms in total. The monoisotopic (exact) mass is 461 g/mol. The van der Waals surface area contributed by atoms with Gasteiger partial charge in [0.15, 0.2) is 5.96 Å². The van der Waals surface area contributed by atoms with E-state index < -0.39 is 66.4 Å². The van der Waals surface area contributed by atoms with Crippen molar-refractivity contribution in [3.63, 3.8) is 0 Å². The van der Waals surface area contributed by atoms with Crippen molar-refractivity contribution in [3.8, 4) is 0 Å². The number of rotatable bonds is 14. The molecule has 0 aliphatic rings. The van der Waals surface area contributed by atoms with Crippen LogP contribution >= 0.6 is 0 Å². The van der Waals surface area contributed by atoms with Crippen molar-refractivity contribution in [1.29, 1.82) is 0 Å². The molecule has 0 radical (unpaired) electrons. The van der Waals surface area contributed by atoms with E-state index in [1.165, 1.54) is 6.92 Å². The summed E-state index contributed by atoms with van der Waals surface area (Å²) in [5.74, 6) is -5.86. The Morgan fingerprint density at radius 1 is 0.938 bits per heavy atom. The third-order valence-corrected chi connectivity index (χ3v) is 4.11. The van der Waals surface area contributed by atoms with Gasteiger partial charge in [-0.05, 0) is 26.7 Å². The lowest BCUT2D eigenvalue weighted by Crippen LogP contribution is -2.59. The zero-order valence-electron chi connectivity index (χ0n) is 17.8. The van der Waals surface area contributed by atoms with E-state index in [0.717, 1.165) is 6.92 Å². The topological polar surface area (TPSA) is 273 Å². The molecule has 0 saturated carbocycles. The highest BCUT2D eigenvalue weighted by molar-refractivity contribution is 5.95. The van der Waals surface area contributed by atoms with Gasteiger partial charge in [0, 0.05) is 6.54 Å². The van der Waals surface area contributed by atoms with Gasteiger partial charge in [-0.2, -0.15) is 0 Å². The second-order valence-corrected chi connectivity index (χ2v) is 7.01. The summed E-state index contributed by atoms with van der Waals surface area (Å²) in [5, 5.41) is 34.1. The van der Waals surface area contributed by atoms with Gasteiger partial charge in [-0.25, -0.2) is 0 Å². The van der Waals surface area contributed by atoms with Crippen LogP contribution in [0.3, 0.4) is 0 Å². The predicted molar refractivity (Wildman–Crippen MR) is 111 cm³/mol. The zero-order valence-corrected chi connectivity index (χ0v) is 17.8. The molecular formula is C17H31N7O8. The van der Waals surface area contributed by atoms with Crippen molar-refractivity contribution < 1.29 is 39.3 Å². The second kappa shape index (κ2) is 13.8. The highest BCUT2D eigenvalue weighted by Crippen LogP contribution is 2.02. The first-order chi connectivity index (χ1) is 14.8. The Morgan fingerprint density at radius 3 is 2.00 bits per heavy atom. The average Bonchev–Trinajstić information content (AvgIpc) is 2.67. The Morgan fingerprint density at radius 2 is 1.53 bits per heavy atom. The van der Waals surface area contributed by atoms with Crippen LogP contribution in [0.2, 0.25) is 0 Å². The van der Waals surface area contributed by atoms with Crippen molar-refractivity contribution in [1.82, 2.24) is 16.0 Å². The molecule has 15 heteroatoms. The molecule has 32 heavy (non-hydrogen) atoms. The van der Waals surface area contributed by atoms with Crippen LogP contribution in [0.4, 0.5) is 0 Å². The van der Waals surface area contributed by atoms with Gasteiger partial charge in [-0.3, -0.25) is 29.0 Å². The Hall–Kier alpha value is -3.46. The average molecular weight is 461 g/mol. The van der Waals surface area contributed by atoms with Gasteiger partial charge in [0.2, 0.25) is 17.7 Å². The number of aliphatic carboxylic acids is 2. The Bertz CT molecular complexity index is 724. The maximum absolute atomic E-state index is 12.5. The lowest BCUT2D eigenvalue weighted by Gasteiger charge is -2.25. The molecule has 3 amide bonds. The standard InChI is InChI=1S/C17H31N7O8/c1-7(16(31)32)22-14(29)10(6-11(26)27)23-15(30)12(8(2)25)24-13(28)9(18)4-3-5-21-17(19)20/h7-10,12,25H,3-6,18H2,1-2H3,(H,22,29)(H,23,30)(H,24,28)(H,26,27)(H,31,32)(H4,19,20,21). The van der Waals surface area contributed by atoms with Gasteiger partial charge in [-0.15, -0.1) is 0 Å². The van der Waals surface area contributed by atoms with Gasteiger partial charge in [0.05, 0.1) is 18.6 Å². The molecule has 0 aromatic rings. The number of hydrogen-bond donors (Lipinski definition) is 9. The van der Waals surface area contributed by atoms with E-state index in [4.69, 9.17) is 27.4 Å². The number of carboxylic acid groups (broad SMARTS) is 2. The third kappa shape index (κ3) is 11.1. The molecule has 12 N–H and O–H groups in total. The zero-order chi connectivity index (χ0) is 25.0. The number of guanidine groups is 1. The van der Waals surface area contributed by atoms with E-state index in [1.807, 2.05) is 5.32 Å². The van der Waals surface area contributed by atoms with E-state index in [0.29, 0.717) is 6.42 Å². The highest BCUT2D eigenvalue weighted by Gasteiger charge is 2.32. The maximum Gasteiger partial charge on any atom is 0.325 e. The summed E-state index contributed by atoms with van der Waals surface area (Å²) in [6.07, 6.45) is -1.78. The van der Waals surface area contributed by atoms with E-state index in [9.17, 15) is 29.1 Å². The largest absolute Gasteiger partial charge is 0.481 e. The van der Waals surface area contributed by atoms with Crippen molar-refractivity contribution >= 4 is 35.6 Å². The van der Waals surface area contributed by atoms with Gasteiger partial charge >= 0.3 is 11.9 Å². The molecule has 0 aromatic carbocycles. The third-order valence-electron chi connectivity index (χ3n) is 4.11. The molecule has 0 bridgehead atoms. The summed E-state index contributed by atoms with van der Waals surface area (Å²) < 4.78 is 0. The molecule has 0 rings (SSSR count). The first kappa shape index (κ1) is 28.5. The number of nitrogens with zero attached hydrogens (tertiary/aromatic N) is 1. The van der Waals surface area contributed by atoms with Crippen LogP contribution in [0.25, 0.3) is 0 Å². The fourth-order valence-corrected chi connectivity index (χ4v) is 2.34. The summed E-state index contributed by atoms with van der Waals surface area (Å²) in [4.78, 5) is 62.6. The van der Waals surface area contributed by atoms with E-state index >= 15 is 0 Å². The fraction of sp³-hybridized carbons (Fsp3) is 0.647. The van der Waals surface area contributed by atoms with E-state index in [2.05, 4.69) is 15.6 Å². The molecule has 0 aromatic heterocycles. The van der Waals surface area contributed by atoms with Gasteiger partial charge < -0.3 is 48.5 Å². The maximum atomic E-state index is 12.5. The van der Waals surface area contributed by atoms with Crippen LogP contribution in [0.1, 0.15) is 33.1 Å². The number of aliphatic hydroxyl groups is 1. The van der Waals surface area contributed by atoms with Crippen molar-refractivity contribution in [3.05, 3.63) is 0 Å². The van der Waals surface area contributed by atoms with Crippen LogP contribution in [0.5, 0.6) is 0 Å². The molecule has 0 saturated heterocycles. The molecule has 0 aliphatic carbocycles. The molecule has 5 unspecified atom stereocenters. The van der Waals surface area contributed by atoms with E-state index in [1.54, 1.807) is 0 Å². The quantitative estimate of drug-likeness (QED) is 0.0679. The highest BCUT2D eigenvalue weighted by atomic mass is 16.4. The summed E-state index contributed by atoms with van der Waals surface area (Å²) in [6.45, 7) is 2.56. The fourth-order valence-electron chi connectivity index (χ4n) is 2.34. The minimum Gasteiger partial charge on any atom is -0.481 e. The molecule has 182 valence electrons. The Kier molecular flexibility index (Phi) is 12.3. The van der Waals surface area contributed by atoms with Gasteiger partial charge in [-0.1, -0.05) is 0 Å². The Balaban J connectivity index is 5.16. The summed E-state index contributed by atoms with van der Waals surface area (Å²) in [5.41, 5.74) is 16.1. The SMILES string of the molecule is CC(NC(=O)C(CC(=O)O)NC(=O)C(NC(=O)C(N)CCCN=C(N)N)C(C)O)C(=O)O. The number of amides is 3. The minimum atomic E-state index is -1.66. The molecule has 0 heterocycles. The first-order valence-electron chi connectivity index (χ1n) is 9.61. The van der Waals surface area contributed by atoms with Crippen LogP contribution in [-0.4, -0.2) is 87.8 Å². The number of carbonyl (C=O) groups excluding carboxylic acids is 3. The molecule has 0 fully saturated rings. The predicted octanol–water partition coefficient (Wildman–Crippen LogP) is -4.22. The van der Waals surface area contributed by atoms with Gasteiger partial charge in [0.25, 0.3) is 0 Å². The number of nitrogens with two attached hydrogens (primary N) is 3.